The molecule has 5 rings (SSSR count). The Morgan fingerprint density at radius 2 is 1.97 bits per heavy atom. The fourth-order valence-corrected chi connectivity index (χ4v) is 4.37. The Labute approximate surface area is 208 Å². The van der Waals surface area contributed by atoms with E-state index in [0.29, 0.717) is 23.0 Å². The van der Waals surface area contributed by atoms with E-state index in [-0.39, 0.29) is 30.8 Å². The maximum atomic E-state index is 12.8. The summed E-state index contributed by atoms with van der Waals surface area (Å²) in [5, 5.41) is 16.0. The van der Waals surface area contributed by atoms with E-state index >= 15 is 0 Å². The van der Waals surface area contributed by atoms with E-state index in [1.807, 2.05) is 56.3 Å². The molecule has 0 saturated heterocycles. The van der Waals surface area contributed by atoms with E-state index in [4.69, 9.17) is 15.9 Å². The highest BCUT2D eigenvalue weighted by atomic mass is 16.5. The molecule has 0 bridgehead atoms. The van der Waals surface area contributed by atoms with Crippen LogP contribution in [0.5, 0.6) is 11.5 Å². The van der Waals surface area contributed by atoms with Gasteiger partial charge in [0.1, 0.15) is 12.4 Å². The Hall–Kier alpha value is -4.71. The molecule has 1 amide bonds. The van der Waals surface area contributed by atoms with Crippen LogP contribution in [-0.4, -0.2) is 44.6 Å². The number of amides is 1. The van der Waals surface area contributed by atoms with E-state index in [9.17, 15) is 4.79 Å². The Morgan fingerprint density at radius 1 is 1.17 bits per heavy atom. The first-order valence-electron chi connectivity index (χ1n) is 11.4. The van der Waals surface area contributed by atoms with Gasteiger partial charge in [-0.25, -0.2) is 4.98 Å². The number of nitrogens with zero attached hydrogens (tertiary/aromatic N) is 5. The van der Waals surface area contributed by atoms with Crippen LogP contribution in [0.25, 0.3) is 17.2 Å². The number of carbonyl (C=O) groups is 1. The number of ether oxygens (including phenoxy) is 2. The second-order valence-electron chi connectivity index (χ2n) is 8.48. The molecule has 9 nitrogen and oxygen atoms in total. The van der Waals surface area contributed by atoms with E-state index in [2.05, 4.69) is 31.5 Å². The van der Waals surface area contributed by atoms with Crippen LogP contribution in [0.3, 0.4) is 0 Å². The second kappa shape index (κ2) is 9.50. The standard InChI is InChI=1S/C27H24N6O3/c1-5-12-36-23-13-19(10-11-22(23)35-4)20-14-24(34)30-26-25(20)17(3)32-33(26)27-29-21(15-28-31-27)18-8-6-16(2)7-9-18/h1,6-11,13,15,20H,12,14H2,2-4H3,(H,30,34)/t20-/m1/s1. The summed E-state index contributed by atoms with van der Waals surface area (Å²) in [6.45, 7) is 4.03. The average Bonchev–Trinajstić information content (AvgIpc) is 3.23. The molecule has 0 aliphatic carbocycles. The molecule has 36 heavy (non-hydrogen) atoms. The minimum atomic E-state index is -0.255. The first-order valence-corrected chi connectivity index (χ1v) is 11.4. The number of carbonyl (C=O) groups excluding carboxylic acids is 1. The normalized spacial score (nSPS) is 14.5. The monoisotopic (exact) mass is 480 g/mol. The van der Waals surface area contributed by atoms with Gasteiger partial charge in [0, 0.05) is 23.5 Å². The number of methoxy groups -OCH3 is 1. The van der Waals surface area contributed by atoms with E-state index in [1.54, 1.807) is 18.0 Å². The van der Waals surface area contributed by atoms with Gasteiger partial charge in [-0.1, -0.05) is 41.8 Å². The molecule has 4 aromatic rings. The molecule has 2 aromatic heterocycles. The molecule has 0 fully saturated rings. The zero-order chi connectivity index (χ0) is 25.2. The van der Waals surface area contributed by atoms with Crippen molar-refractivity contribution in [1.82, 2.24) is 25.0 Å². The molecule has 0 radical (unpaired) electrons. The minimum Gasteiger partial charge on any atom is -0.493 e. The maximum absolute atomic E-state index is 12.8. The molecule has 0 unspecified atom stereocenters. The predicted molar refractivity (Wildman–Crippen MR) is 134 cm³/mol. The van der Waals surface area contributed by atoms with E-state index < -0.39 is 0 Å². The van der Waals surface area contributed by atoms with Gasteiger partial charge >= 0.3 is 0 Å². The zero-order valence-electron chi connectivity index (χ0n) is 20.1. The molecule has 3 heterocycles. The highest BCUT2D eigenvalue weighted by Gasteiger charge is 2.34. The lowest BCUT2D eigenvalue weighted by molar-refractivity contribution is -0.116. The smallest absolute Gasteiger partial charge is 0.272 e. The molecule has 1 aliphatic rings. The van der Waals surface area contributed by atoms with Gasteiger partial charge in [0.15, 0.2) is 11.5 Å². The Balaban J connectivity index is 1.57. The van der Waals surface area contributed by atoms with Crippen molar-refractivity contribution in [2.45, 2.75) is 26.2 Å². The molecule has 1 atom stereocenters. The summed E-state index contributed by atoms with van der Waals surface area (Å²) in [6.07, 6.45) is 7.22. The van der Waals surface area contributed by atoms with E-state index in [1.165, 1.54) is 0 Å². The van der Waals surface area contributed by atoms with Crippen molar-refractivity contribution in [2.24, 2.45) is 0 Å². The summed E-state index contributed by atoms with van der Waals surface area (Å²) in [4.78, 5) is 17.5. The third-order valence-electron chi connectivity index (χ3n) is 6.09. The predicted octanol–water partition coefficient (Wildman–Crippen LogP) is 3.84. The number of hydrogen-bond acceptors (Lipinski definition) is 7. The van der Waals surface area contributed by atoms with Gasteiger partial charge in [0.05, 0.1) is 24.7 Å². The quantitative estimate of drug-likeness (QED) is 0.418. The molecular formula is C27H24N6O3. The topological polar surface area (TPSA) is 104 Å². The van der Waals surface area contributed by atoms with E-state index in [0.717, 1.165) is 27.9 Å². The minimum absolute atomic E-state index is 0.106. The van der Waals surface area contributed by atoms with Gasteiger partial charge in [0.2, 0.25) is 5.91 Å². The lowest BCUT2D eigenvalue weighted by atomic mass is 9.85. The van der Waals surface area contributed by atoms with Crippen LogP contribution in [0.1, 0.15) is 34.7 Å². The van der Waals surface area contributed by atoms with Crippen LogP contribution in [0, 0.1) is 26.2 Å². The Kier molecular flexibility index (Phi) is 6.09. The summed E-state index contributed by atoms with van der Waals surface area (Å²) in [5.41, 5.74) is 5.24. The van der Waals surface area contributed by atoms with Crippen molar-refractivity contribution in [1.29, 1.82) is 0 Å². The number of fused-ring (bicyclic) bond motifs is 1. The number of nitrogens with one attached hydrogen (secondary N) is 1. The number of aryl methyl sites for hydroxylation is 2. The molecule has 180 valence electrons. The van der Waals surface area contributed by atoms with Gasteiger partial charge in [-0.3, -0.25) is 4.79 Å². The summed E-state index contributed by atoms with van der Waals surface area (Å²) >= 11 is 0. The lowest BCUT2D eigenvalue weighted by Gasteiger charge is -2.25. The highest BCUT2D eigenvalue weighted by Crippen LogP contribution is 2.42. The van der Waals surface area contributed by atoms with Crippen molar-refractivity contribution < 1.29 is 14.3 Å². The summed E-state index contributed by atoms with van der Waals surface area (Å²) < 4.78 is 12.6. The Bertz CT molecular complexity index is 1490. The highest BCUT2D eigenvalue weighted by molar-refractivity contribution is 5.95. The number of terminal acetylenes is 1. The van der Waals surface area contributed by atoms with Crippen molar-refractivity contribution in [3.05, 3.63) is 71.0 Å². The third-order valence-corrected chi connectivity index (χ3v) is 6.09. The SMILES string of the molecule is C#CCOc1cc([C@H]2CC(=O)Nc3c2c(C)nn3-c2nncc(-c3ccc(C)cc3)n2)ccc1OC. The number of aromatic nitrogens is 5. The molecule has 0 spiro atoms. The van der Waals surface area contributed by atoms with Gasteiger partial charge in [0.25, 0.3) is 5.95 Å². The van der Waals surface area contributed by atoms with Gasteiger partial charge in [-0.15, -0.1) is 11.5 Å². The zero-order valence-corrected chi connectivity index (χ0v) is 20.1. The van der Waals surface area contributed by atoms with Gasteiger partial charge in [-0.05, 0) is 31.5 Å². The van der Waals surface area contributed by atoms with Crippen LogP contribution in [0.15, 0.2) is 48.7 Å². The van der Waals surface area contributed by atoms with Crippen molar-refractivity contribution in [3.8, 4) is 41.0 Å². The maximum Gasteiger partial charge on any atom is 0.272 e. The summed E-state index contributed by atoms with van der Waals surface area (Å²) in [5.74, 6) is 3.95. The first-order chi connectivity index (χ1) is 17.5. The van der Waals surface area contributed by atoms with Crippen molar-refractivity contribution in [3.63, 3.8) is 0 Å². The second-order valence-corrected chi connectivity index (χ2v) is 8.48. The summed E-state index contributed by atoms with van der Waals surface area (Å²) in [7, 11) is 1.57. The number of hydrogen-bond donors (Lipinski definition) is 1. The number of rotatable bonds is 6. The van der Waals surface area contributed by atoms with Crippen LogP contribution in [0.2, 0.25) is 0 Å². The van der Waals surface area contributed by atoms with Crippen LogP contribution < -0.4 is 14.8 Å². The fraction of sp³-hybridized carbons (Fsp3) is 0.222. The molecule has 9 heteroatoms. The largest absolute Gasteiger partial charge is 0.493 e. The van der Waals surface area contributed by atoms with Crippen LogP contribution in [0.4, 0.5) is 5.82 Å². The number of anilines is 1. The fourth-order valence-electron chi connectivity index (χ4n) is 4.37. The lowest BCUT2D eigenvalue weighted by Crippen LogP contribution is -2.25. The van der Waals surface area contributed by atoms with Gasteiger partial charge < -0.3 is 14.8 Å². The van der Waals surface area contributed by atoms with Crippen LogP contribution in [-0.2, 0) is 4.79 Å². The molecule has 1 N–H and O–H groups in total. The molecular weight excluding hydrogens is 456 g/mol. The summed E-state index contributed by atoms with van der Waals surface area (Å²) in [6, 6.07) is 13.6. The average molecular weight is 481 g/mol. The first kappa shape index (κ1) is 23.1. The third kappa shape index (κ3) is 4.25. The molecule has 1 aliphatic heterocycles. The van der Waals surface area contributed by atoms with Crippen LogP contribution >= 0.6 is 0 Å². The Morgan fingerprint density at radius 3 is 2.72 bits per heavy atom. The molecule has 2 aromatic carbocycles. The number of benzene rings is 2. The van der Waals surface area contributed by atoms with Gasteiger partial charge in [-0.2, -0.15) is 14.9 Å². The molecule has 0 saturated carbocycles. The van der Waals surface area contributed by atoms with Crippen molar-refractivity contribution in [2.75, 3.05) is 19.0 Å². The van der Waals surface area contributed by atoms with Crippen molar-refractivity contribution >= 4 is 11.7 Å².